The predicted molar refractivity (Wildman–Crippen MR) is 274 cm³/mol. The van der Waals surface area contributed by atoms with E-state index in [-0.39, 0.29) is 50.1 Å². The van der Waals surface area contributed by atoms with E-state index in [1.807, 2.05) is 0 Å². The van der Waals surface area contributed by atoms with Gasteiger partial charge in [-0.2, -0.15) is 0 Å². The van der Waals surface area contributed by atoms with E-state index in [2.05, 4.69) is 25.9 Å². The summed E-state index contributed by atoms with van der Waals surface area (Å²) in [6, 6.07) is -2.34. The quantitative estimate of drug-likeness (QED) is 0.0249. The maximum Gasteiger partial charge on any atom is 0.235 e. The molecule has 2 aliphatic heterocycles. The number of phenolic OH excluding ortho intramolecular Hbond substituents is 1. The Morgan fingerprint density at radius 3 is 2.00 bits per heavy atom. The van der Waals surface area contributed by atoms with Gasteiger partial charge in [0.15, 0.2) is 59.2 Å². The maximum atomic E-state index is 14.2. The number of benzene rings is 1. The zero-order valence-corrected chi connectivity index (χ0v) is 44.7. The average Bonchev–Trinajstić information content (AvgIpc) is 1.09. The number of hydrogen-bond donors (Lipinski definition) is 19. The van der Waals surface area contributed by atoms with Gasteiger partial charge in [0.05, 0.1) is 48.5 Å². The molecule has 0 radical (unpaired) electrons. The van der Waals surface area contributed by atoms with Gasteiger partial charge in [0.25, 0.3) is 0 Å². The SMILES string of the molecule is C[C@@H]1O[C@@H](O[C@@H]2C(O)[C@@H](O)C(N=C(N)N)C(O)[C@@H]2N=C(N)N)C(O[C@@H]2OC(CO)[C@H](O)[C@H](O)C2N(C)CCNC(=O)CCC(=O)NCCNC2C(=O)C(C(N)=O)C(=O)[C@@]3(O)C(=O)C4C(=O)c5c(O)cccc5[C@@](C)(O)[C@H]4C[C@@H]23)[C@]1(O)CO. The summed E-state index contributed by atoms with van der Waals surface area (Å²) in [6.07, 6.45) is -20.4. The Morgan fingerprint density at radius 1 is 0.780 bits per heavy atom. The molecule has 4 aliphatic carbocycles. The molecule has 2 saturated heterocycles. The van der Waals surface area contributed by atoms with Crippen molar-refractivity contribution in [2.45, 2.75) is 142 Å². The lowest BCUT2D eigenvalue weighted by Crippen LogP contribution is -2.75. The normalized spacial score (nSPS) is 39.9. The third kappa shape index (κ3) is 11.5. The molecule has 456 valence electrons. The van der Waals surface area contributed by atoms with Crippen LogP contribution in [0, 0.1) is 23.7 Å². The summed E-state index contributed by atoms with van der Waals surface area (Å²) in [7, 11) is 1.42. The largest absolute Gasteiger partial charge is 0.507 e. The van der Waals surface area contributed by atoms with Crippen molar-refractivity contribution in [3.05, 3.63) is 29.3 Å². The number of ether oxygens (including phenoxy) is 4. The van der Waals surface area contributed by atoms with Crippen LogP contribution in [0.15, 0.2) is 28.2 Å². The number of primary amides is 1. The summed E-state index contributed by atoms with van der Waals surface area (Å²) in [4.78, 5) is 103. The molecule has 6 aliphatic rings. The van der Waals surface area contributed by atoms with Gasteiger partial charge in [0.1, 0.15) is 72.3 Å². The lowest BCUT2D eigenvalue weighted by atomic mass is 9.50. The molecule has 1 aromatic carbocycles. The molecule has 33 nitrogen and oxygen atoms in total. The van der Waals surface area contributed by atoms with Gasteiger partial charge in [-0.1, -0.05) is 12.1 Å². The number of carbonyl (C=O) groups is 7. The molecular weight excluding hydrogens is 1090 g/mol. The van der Waals surface area contributed by atoms with Crippen LogP contribution in [0.4, 0.5) is 0 Å². The highest BCUT2D eigenvalue weighted by Gasteiger charge is 2.71. The predicted octanol–water partition coefficient (Wildman–Crippen LogP) is -11.1. The van der Waals surface area contributed by atoms with E-state index in [0.29, 0.717) is 0 Å². The van der Waals surface area contributed by atoms with Gasteiger partial charge in [-0.05, 0) is 38.9 Å². The van der Waals surface area contributed by atoms with Crippen molar-refractivity contribution >= 4 is 52.8 Å². The molecule has 0 aromatic heterocycles. The molecule has 7 rings (SSSR count). The molecule has 24 N–H and O–H groups in total. The van der Waals surface area contributed by atoms with Crippen molar-refractivity contribution in [3.8, 4) is 5.75 Å². The topological polar surface area (TPSA) is 573 Å². The fourth-order valence-corrected chi connectivity index (χ4v) is 12.2. The summed E-state index contributed by atoms with van der Waals surface area (Å²) in [5, 5.41) is 130. The minimum atomic E-state index is -3.11. The minimum Gasteiger partial charge on any atom is -0.507 e. The number of nitrogens with two attached hydrogens (primary N) is 5. The number of aromatic hydroxyl groups is 1. The van der Waals surface area contributed by atoms with Crippen LogP contribution in [0.25, 0.3) is 0 Å². The summed E-state index contributed by atoms with van der Waals surface area (Å²) in [5.41, 5.74) is 19.7. The van der Waals surface area contributed by atoms with Crippen LogP contribution in [0.5, 0.6) is 5.75 Å². The molecule has 33 heteroatoms. The molecule has 0 spiro atoms. The molecule has 82 heavy (non-hydrogen) atoms. The molecular formula is C49H73N11O22. The zero-order chi connectivity index (χ0) is 60.8. The first-order chi connectivity index (χ1) is 38.4. The second-order valence-corrected chi connectivity index (χ2v) is 21.7. The highest BCUT2D eigenvalue weighted by Crippen LogP contribution is 2.55. The van der Waals surface area contributed by atoms with Crippen molar-refractivity contribution in [2.24, 2.45) is 62.3 Å². The number of fused-ring (bicyclic) bond motifs is 3. The summed E-state index contributed by atoms with van der Waals surface area (Å²) in [6.45, 7) is -0.164. The van der Waals surface area contributed by atoms with E-state index in [1.165, 1.54) is 37.9 Å². The van der Waals surface area contributed by atoms with E-state index < -0.39 is 210 Å². The van der Waals surface area contributed by atoms with E-state index >= 15 is 0 Å². The fraction of sp³-hybridized carbons (Fsp3) is 0.694. The molecule has 3 saturated carbocycles. The maximum absolute atomic E-state index is 14.2. The van der Waals surface area contributed by atoms with Crippen molar-refractivity contribution in [2.75, 3.05) is 46.4 Å². The third-order valence-corrected chi connectivity index (χ3v) is 16.7. The highest BCUT2D eigenvalue weighted by molar-refractivity contribution is 6.32. The number of aliphatic hydroxyl groups excluding tert-OH is 7. The molecule has 5 fully saturated rings. The Hall–Kier alpha value is -5.99. The van der Waals surface area contributed by atoms with Crippen LogP contribution in [-0.4, -0.2) is 263 Å². The van der Waals surface area contributed by atoms with Gasteiger partial charge in [-0.3, -0.25) is 38.5 Å². The summed E-state index contributed by atoms with van der Waals surface area (Å²) >= 11 is 0. The van der Waals surface area contributed by atoms with Crippen molar-refractivity contribution in [3.63, 3.8) is 0 Å². The highest BCUT2D eigenvalue weighted by atomic mass is 16.8. The molecule has 3 amide bonds. The van der Waals surface area contributed by atoms with Crippen LogP contribution >= 0.6 is 0 Å². The van der Waals surface area contributed by atoms with Gasteiger partial charge in [0.2, 0.25) is 17.7 Å². The number of nitrogens with one attached hydrogen (secondary N) is 3. The summed E-state index contributed by atoms with van der Waals surface area (Å²) < 4.78 is 24.0. The van der Waals surface area contributed by atoms with E-state index in [0.717, 1.165) is 6.07 Å². The van der Waals surface area contributed by atoms with Crippen LogP contribution in [0.3, 0.4) is 0 Å². The Labute approximate surface area is 466 Å². The number of nitrogens with zero attached hydrogens (tertiary/aromatic N) is 3. The fourth-order valence-electron chi connectivity index (χ4n) is 12.2. The number of hydrogen-bond acceptors (Lipinski definition) is 26. The number of phenols is 1. The monoisotopic (exact) mass is 1170 g/mol. The summed E-state index contributed by atoms with van der Waals surface area (Å²) in [5.74, 6) is -16.7. The van der Waals surface area contributed by atoms with Gasteiger partial charge in [0, 0.05) is 50.9 Å². The number of ketones is 4. The van der Waals surface area contributed by atoms with Crippen LogP contribution in [-0.2, 0) is 53.3 Å². The van der Waals surface area contributed by atoms with Crippen LogP contribution in [0.1, 0.15) is 49.0 Å². The second kappa shape index (κ2) is 24.7. The lowest BCUT2D eigenvalue weighted by molar-refractivity contribution is -0.327. The first-order valence-corrected chi connectivity index (χ1v) is 26.2. The van der Waals surface area contributed by atoms with E-state index in [1.54, 1.807) is 0 Å². The Balaban J connectivity index is 0.956. The lowest BCUT2D eigenvalue weighted by Gasteiger charge is -2.54. The number of likely N-dealkylation sites (N-methyl/N-ethyl adjacent to an activating group) is 1. The Kier molecular flexibility index (Phi) is 19.1. The number of carbonyl (C=O) groups excluding carboxylic acids is 7. The van der Waals surface area contributed by atoms with Crippen LogP contribution < -0.4 is 44.6 Å². The van der Waals surface area contributed by atoms with Gasteiger partial charge < -0.3 is 120 Å². The molecule has 1 aromatic rings. The second-order valence-electron chi connectivity index (χ2n) is 21.7. The van der Waals surface area contributed by atoms with Gasteiger partial charge >= 0.3 is 0 Å². The number of amides is 3. The average molecular weight is 1170 g/mol. The van der Waals surface area contributed by atoms with Crippen molar-refractivity contribution in [1.29, 1.82) is 0 Å². The number of Topliss-reactive ketones (excluding diaryl/α,β-unsaturated/α-hetero) is 4. The van der Waals surface area contributed by atoms with Gasteiger partial charge in [-0.15, -0.1) is 0 Å². The standard InChI is InChI=1S/C49H73N11O22/c1-16-48(77,15-62)41(44(79-16)81-38-29(59-46(53)54)34(69)28(58-45(51)52)35(70)37(38)72)82-43-30(36(71)31(66)21(14-61)80-43)60(3)12-11-56-23(65)8-7-22(64)55-9-10-57-27-19-13-18-25(32(67)24-17(47(18,2)76)5-4-6-20(24)63)39(73)49(19,78)40(74)26(33(27)68)42(50)75/h4-6,16,18-19,21,25-31,34-38,41,43-44,57,61-63,66,69-72,76-78H,7-15H2,1-3H3,(H2,50,75)(H,55,64)(H,56,65)(H4,51,52,58)(H4,53,54,59)/t16-,18-,19-,21?,25?,26?,27?,28?,29-,30?,31-,34?,35-,36+,37?,38-,41?,43-,44-,47+,48-,49-/m0/s1. The smallest absolute Gasteiger partial charge is 0.235 e. The third-order valence-electron chi connectivity index (χ3n) is 16.7. The number of aliphatic imine (C=N–C) groups is 2. The van der Waals surface area contributed by atoms with Crippen LogP contribution in [0.2, 0.25) is 0 Å². The van der Waals surface area contributed by atoms with Gasteiger partial charge in [-0.25, -0.2) is 9.98 Å². The zero-order valence-electron chi connectivity index (χ0n) is 44.7. The van der Waals surface area contributed by atoms with Crippen molar-refractivity contribution in [1.82, 2.24) is 20.9 Å². The molecule has 0 bridgehead atoms. The Morgan fingerprint density at radius 2 is 1.40 bits per heavy atom. The van der Waals surface area contributed by atoms with E-state index in [4.69, 9.17) is 47.6 Å². The Bertz CT molecular complexity index is 2680. The molecule has 2 heterocycles. The first kappa shape index (κ1) is 63.6. The first-order valence-electron chi connectivity index (χ1n) is 26.2. The number of rotatable bonds is 20. The minimum absolute atomic E-state index is 0.0256. The molecule has 22 atom stereocenters. The number of aliphatic hydroxyl groups is 10. The number of guanidine groups is 2. The van der Waals surface area contributed by atoms with E-state index in [9.17, 15) is 89.7 Å². The van der Waals surface area contributed by atoms with Crippen molar-refractivity contribution < 1.29 is 109 Å². The molecule has 9 unspecified atom stereocenters.